The minimum Gasteiger partial charge on any atom is -0.478 e. The topological polar surface area (TPSA) is 210 Å². The average molecular weight is 684 g/mol. The van der Waals surface area contributed by atoms with Gasteiger partial charge in [0.05, 0.1) is 20.1 Å². The second-order valence-electron chi connectivity index (χ2n) is 11.2. The zero-order valence-corrected chi connectivity index (χ0v) is 27.3. The van der Waals surface area contributed by atoms with Crippen LogP contribution >= 0.6 is 46.4 Å². The summed E-state index contributed by atoms with van der Waals surface area (Å²) >= 11 is 5.09. The molecule has 3 aliphatic heterocycles. The second-order valence-corrected chi connectivity index (χ2v) is 15.2. The number of nitrogen functional groups attached to an aromatic ring is 1. The lowest BCUT2D eigenvalue weighted by Gasteiger charge is -2.49. The molecule has 0 aliphatic carbocycles. The number of oxime groups is 1. The maximum absolute atomic E-state index is 13.2. The molecule has 2 fully saturated rings. The zero-order chi connectivity index (χ0) is 31.8. The van der Waals surface area contributed by atoms with Crippen molar-refractivity contribution in [3.05, 3.63) is 28.2 Å². The van der Waals surface area contributed by atoms with E-state index < -0.39 is 46.5 Å². The van der Waals surface area contributed by atoms with Gasteiger partial charge in [0.1, 0.15) is 29.4 Å². The van der Waals surface area contributed by atoms with Gasteiger partial charge in [0.2, 0.25) is 17.1 Å². The Morgan fingerprint density at radius 3 is 2.64 bits per heavy atom. The third kappa shape index (κ3) is 6.70. The normalized spacial score (nSPS) is 21.6. The van der Waals surface area contributed by atoms with Crippen LogP contribution in [0.15, 0.2) is 26.1 Å². The molecule has 0 aromatic carbocycles. The second kappa shape index (κ2) is 12.6. The van der Waals surface area contributed by atoms with E-state index in [0.717, 1.165) is 45.7 Å². The number of carboxylic acids is 2. The smallest absolute Gasteiger partial charge is 0.352 e. The molecule has 2 saturated heterocycles. The van der Waals surface area contributed by atoms with Crippen molar-refractivity contribution in [3.63, 3.8) is 0 Å². The van der Waals surface area contributed by atoms with Crippen LogP contribution in [0, 0.1) is 0 Å². The molecule has 15 nitrogen and oxygen atoms in total. The van der Waals surface area contributed by atoms with Gasteiger partial charge in [0.15, 0.2) is 9.47 Å². The summed E-state index contributed by atoms with van der Waals surface area (Å²) in [7, 11) is 2.24. The number of quaternary nitrogens is 1. The van der Waals surface area contributed by atoms with Gasteiger partial charge < -0.3 is 30.6 Å². The van der Waals surface area contributed by atoms with E-state index in [1.165, 1.54) is 66.4 Å². The number of rotatable bonds is 12. The number of carboxylic acid groups (broad SMARTS) is 2. The van der Waals surface area contributed by atoms with E-state index in [-0.39, 0.29) is 16.7 Å². The van der Waals surface area contributed by atoms with E-state index in [4.69, 9.17) is 15.6 Å². The molecule has 2 aromatic heterocycles. The number of nitrogens with two attached hydrogens (primary N) is 1. The average Bonchev–Trinajstić information content (AvgIpc) is 3.71. The summed E-state index contributed by atoms with van der Waals surface area (Å²) in [5, 5.41) is 27.0. The summed E-state index contributed by atoms with van der Waals surface area (Å²) in [6.45, 7) is 5.62. The number of anilines is 1. The highest BCUT2D eigenvalue weighted by molar-refractivity contribution is 8.01. The van der Waals surface area contributed by atoms with Crippen LogP contribution in [-0.2, 0) is 30.6 Å². The van der Waals surface area contributed by atoms with Crippen LogP contribution in [0.3, 0.4) is 0 Å². The molecular weight excluding hydrogens is 653 g/mol. The number of hydrogen-bond donors (Lipinski definition) is 4. The molecule has 0 saturated carbocycles. The van der Waals surface area contributed by atoms with Gasteiger partial charge in [-0.25, -0.2) is 14.6 Å². The summed E-state index contributed by atoms with van der Waals surface area (Å²) in [6, 6.07) is -1.07. The Hall–Kier alpha value is -3.26. The highest BCUT2D eigenvalue weighted by Gasteiger charge is 2.54. The minimum atomic E-state index is -1.78. The molecule has 5 heterocycles. The SMILES string of the molecule is CC(C)(O/N=C(\C(=O)N[C@@H]1C(=O)N2C(C(=O)O)=C(CSc3nc(C[N+]4(C)CCCC4)cs3)CSC12)c1nsc(N)n1)C(=O)O. The van der Waals surface area contributed by atoms with E-state index in [9.17, 15) is 29.4 Å². The lowest BCUT2D eigenvalue weighted by atomic mass is 10.0. The van der Waals surface area contributed by atoms with Gasteiger partial charge >= 0.3 is 11.9 Å². The fourth-order valence-corrected chi connectivity index (χ4v) is 8.70. The third-order valence-electron chi connectivity index (χ3n) is 7.38. The molecule has 0 bridgehead atoms. The molecule has 236 valence electrons. The number of hydrogen-bond acceptors (Lipinski definition) is 14. The van der Waals surface area contributed by atoms with Crippen molar-refractivity contribution in [2.45, 2.75) is 54.6 Å². The summed E-state index contributed by atoms with van der Waals surface area (Å²) in [5.41, 5.74) is 4.90. The first kappa shape index (κ1) is 32.1. The summed E-state index contributed by atoms with van der Waals surface area (Å²) < 4.78 is 5.76. The Morgan fingerprint density at radius 1 is 1.27 bits per heavy atom. The summed E-state index contributed by atoms with van der Waals surface area (Å²) in [4.78, 5) is 65.2. The molecule has 19 heteroatoms. The number of carbonyl (C=O) groups excluding carboxylic acids is 2. The summed E-state index contributed by atoms with van der Waals surface area (Å²) in [5.74, 6) is -3.59. The molecule has 44 heavy (non-hydrogen) atoms. The highest BCUT2D eigenvalue weighted by Crippen LogP contribution is 2.42. The van der Waals surface area contributed by atoms with Crippen LogP contribution in [-0.4, -0.2) is 112 Å². The van der Waals surface area contributed by atoms with Crippen molar-refractivity contribution in [1.82, 2.24) is 24.6 Å². The molecule has 5 rings (SSSR count). The molecule has 2 amide bonds. The number of aliphatic carboxylic acids is 2. The molecule has 2 atom stereocenters. The molecule has 5 N–H and O–H groups in total. The molecule has 1 unspecified atom stereocenters. The Balaban J connectivity index is 1.27. The molecule has 0 radical (unpaired) electrons. The predicted octanol–water partition coefficient (Wildman–Crippen LogP) is 1.43. The number of nitrogens with zero attached hydrogens (tertiary/aromatic N) is 6. The van der Waals surface area contributed by atoms with Crippen molar-refractivity contribution < 1.29 is 38.7 Å². The van der Waals surface area contributed by atoms with Gasteiger partial charge in [0.25, 0.3) is 11.8 Å². The van der Waals surface area contributed by atoms with Crippen molar-refractivity contribution in [1.29, 1.82) is 0 Å². The number of β-lactam (4-membered cyclic amide) rings is 1. The van der Waals surface area contributed by atoms with Crippen molar-refractivity contribution in [3.8, 4) is 0 Å². The summed E-state index contributed by atoms with van der Waals surface area (Å²) in [6.07, 6.45) is 2.44. The Bertz CT molecular complexity index is 1550. The quantitative estimate of drug-likeness (QED) is 0.0821. The van der Waals surface area contributed by atoms with Gasteiger partial charge in [-0.05, 0) is 19.4 Å². The monoisotopic (exact) mass is 683 g/mol. The van der Waals surface area contributed by atoms with Gasteiger partial charge in [-0.15, -0.1) is 23.1 Å². The van der Waals surface area contributed by atoms with Gasteiger partial charge in [-0.2, -0.15) is 9.36 Å². The largest absolute Gasteiger partial charge is 0.478 e. The number of amides is 2. The lowest BCUT2D eigenvalue weighted by Crippen LogP contribution is -2.71. The van der Waals surface area contributed by atoms with E-state index in [1.807, 2.05) is 0 Å². The number of aromatic nitrogens is 3. The molecular formula is C25H31N8O7S4+. The van der Waals surface area contributed by atoms with E-state index in [0.29, 0.717) is 17.1 Å². The van der Waals surface area contributed by atoms with Crippen LogP contribution in [0.25, 0.3) is 0 Å². The minimum absolute atomic E-state index is 0.0320. The van der Waals surface area contributed by atoms with E-state index >= 15 is 0 Å². The zero-order valence-electron chi connectivity index (χ0n) is 24.0. The fourth-order valence-electron chi connectivity index (χ4n) is 4.94. The first-order valence-electron chi connectivity index (χ1n) is 13.5. The van der Waals surface area contributed by atoms with Crippen LogP contribution in [0.2, 0.25) is 0 Å². The van der Waals surface area contributed by atoms with E-state index in [2.05, 4.69) is 32.3 Å². The van der Waals surface area contributed by atoms with Crippen LogP contribution < -0.4 is 11.1 Å². The Kier molecular flexibility index (Phi) is 9.22. The first-order chi connectivity index (χ1) is 20.8. The molecule has 3 aliphatic rings. The Morgan fingerprint density at radius 2 is 2.00 bits per heavy atom. The number of carbonyl (C=O) groups is 4. The molecule has 0 spiro atoms. The third-order valence-corrected chi connectivity index (χ3v) is 11.4. The maximum Gasteiger partial charge on any atom is 0.352 e. The van der Waals surface area contributed by atoms with Gasteiger partial charge in [-0.1, -0.05) is 16.9 Å². The first-order valence-corrected chi connectivity index (χ1v) is 17.2. The predicted molar refractivity (Wildman–Crippen MR) is 165 cm³/mol. The number of thioether (sulfide) groups is 2. The standard InChI is InChI=1S/C25H30N8O7S4/c1-25(2,22(38)39)40-30-14(17-29-23(26)44-31-17)18(34)28-15-19(35)32-16(21(36)37)12(9-41-20(15)32)10-42-24-27-13(11-43-24)8-33(3)6-4-5-7-33/h11,15,20H,4-10H2,1-3H3,(H4-,26,28,29,31,34,36,37,38,39)/p+1/b30-14-/t15-,20?/m1/s1. The van der Waals surface area contributed by atoms with Crippen LogP contribution in [0.1, 0.15) is 38.2 Å². The van der Waals surface area contributed by atoms with Gasteiger partial charge in [0, 0.05) is 41.3 Å². The van der Waals surface area contributed by atoms with Crippen molar-refractivity contribution in [2.75, 3.05) is 37.4 Å². The highest BCUT2D eigenvalue weighted by atomic mass is 32.2. The fraction of sp³-hybridized carbons (Fsp3) is 0.520. The Labute approximate surface area is 268 Å². The molecule has 2 aromatic rings. The van der Waals surface area contributed by atoms with Crippen LogP contribution in [0.5, 0.6) is 0 Å². The number of nitrogens with one attached hydrogen (secondary N) is 1. The van der Waals surface area contributed by atoms with Gasteiger partial charge in [-0.3, -0.25) is 14.5 Å². The maximum atomic E-state index is 13.2. The number of fused-ring (bicyclic) bond motifs is 1. The number of likely N-dealkylation sites (tertiary alicyclic amines) is 1. The van der Waals surface area contributed by atoms with Crippen molar-refractivity contribution in [2.24, 2.45) is 5.16 Å². The van der Waals surface area contributed by atoms with Crippen molar-refractivity contribution >= 4 is 81.0 Å². The number of thiazole rings is 1. The van der Waals surface area contributed by atoms with Crippen LogP contribution in [0.4, 0.5) is 5.13 Å². The van der Waals surface area contributed by atoms with E-state index in [1.54, 1.807) is 0 Å². The lowest BCUT2D eigenvalue weighted by molar-refractivity contribution is -0.911.